The van der Waals surface area contributed by atoms with Gasteiger partial charge in [0.05, 0.1) is 12.2 Å². The van der Waals surface area contributed by atoms with Crippen LogP contribution in [-0.4, -0.2) is 44.4 Å². The monoisotopic (exact) mass is 366 g/mol. The van der Waals surface area contributed by atoms with Crippen molar-refractivity contribution in [1.82, 2.24) is 30.7 Å². The zero-order valence-corrected chi connectivity index (χ0v) is 14.9. The maximum Gasteiger partial charge on any atom is 0.254 e. The van der Waals surface area contributed by atoms with Gasteiger partial charge in [0.1, 0.15) is 11.9 Å². The molecule has 2 aromatic heterocycles. The highest BCUT2D eigenvalue weighted by molar-refractivity contribution is 5.83. The lowest BCUT2D eigenvalue weighted by atomic mass is 9.95. The third-order valence-corrected chi connectivity index (χ3v) is 6.03. The van der Waals surface area contributed by atoms with Gasteiger partial charge in [0.2, 0.25) is 5.91 Å². The third kappa shape index (κ3) is 2.85. The Hall–Kier alpha value is -2.58. The minimum Gasteiger partial charge on any atom is -0.335 e. The molecular formula is C19H22N6O2. The van der Waals surface area contributed by atoms with Gasteiger partial charge >= 0.3 is 0 Å². The second-order valence-corrected chi connectivity index (χ2v) is 7.55. The van der Waals surface area contributed by atoms with E-state index in [1.807, 2.05) is 17.0 Å². The highest BCUT2D eigenvalue weighted by Gasteiger charge is 2.44. The van der Waals surface area contributed by atoms with Crippen molar-refractivity contribution in [3.05, 3.63) is 46.1 Å². The molecule has 0 aromatic carbocycles. The van der Waals surface area contributed by atoms with E-state index < -0.39 is 0 Å². The average molecular weight is 366 g/mol. The van der Waals surface area contributed by atoms with Gasteiger partial charge in [-0.1, -0.05) is 6.42 Å². The SMILES string of the molecule is O=C(C1NNC2CCCC21)N1CCc2c(nc(-c3ccncc3)[nH]c2=O)C1. The van der Waals surface area contributed by atoms with E-state index in [-0.39, 0.29) is 17.5 Å². The van der Waals surface area contributed by atoms with Crippen molar-refractivity contribution in [2.24, 2.45) is 5.92 Å². The second-order valence-electron chi connectivity index (χ2n) is 7.55. The molecule has 3 unspecified atom stereocenters. The molecule has 2 aliphatic heterocycles. The number of hydrogen-bond donors (Lipinski definition) is 3. The van der Waals surface area contributed by atoms with E-state index in [9.17, 15) is 9.59 Å². The van der Waals surface area contributed by atoms with Gasteiger partial charge in [0, 0.05) is 42.0 Å². The Morgan fingerprint density at radius 1 is 1.19 bits per heavy atom. The van der Waals surface area contributed by atoms with Crippen molar-refractivity contribution in [3.8, 4) is 11.4 Å². The van der Waals surface area contributed by atoms with Crippen LogP contribution < -0.4 is 16.4 Å². The summed E-state index contributed by atoms with van der Waals surface area (Å²) in [6, 6.07) is 3.84. The molecule has 1 aliphatic carbocycles. The lowest BCUT2D eigenvalue weighted by Crippen LogP contribution is -2.50. The van der Waals surface area contributed by atoms with Gasteiger partial charge in [-0.2, -0.15) is 0 Å². The van der Waals surface area contributed by atoms with Crippen LogP contribution in [0, 0.1) is 5.92 Å². The fourth-order valence-electron chi connectivity index (χ4n) is 4.59. The summed E-state index contributed by atoms with van der Waals surface area (Å²) in [5.74, 6) is 0.987. The molecule has 2 aromatic rings. The Bertz CT molecular complexity index is 928. The molecule has 3 aliphatic rings. The molecular weight excluding hydrogens is 344 g/mol. The molecule has 0 radical (unpaired) electrons. The molecule has 27 heavy (non-hydrogen) atoms. The molecule has 4 heterocycles. The number of aromatic amines is 1. The number of carbonyl (C=O) groups excluding carboxylic acids is 1. The van der Waals surface area contributed by atoms with Crippen molar-refractivity contribution in [2.45, 2.75) is 44.3 Å². The number of hydrogen-bond acceptors (Lipinski definition) is 6. The van der Waals surface area contributed by atoms with Gasteiger partial charge in [-0.3, -0.25) is 20.0 Å². The Kier molecular flexibility index (Phi) is 4.02. The summed E-state index contributed by atoms with van der Waals surface area (Å²) in [5.41, 5.74) is 8.54. The van der Waals surface area contributed by atoms with Crippen LogP contribution in [0.2, 0.25) is 0 Å². The van der Waals surface area contributed by atoms with Gasteiger partial charge in [-0.05, 0) is 31.4 Å². The quantitative estimate of drug-likeness (QED) is 0.709. The standard InChI is InChI=1S/C19H22N6O2/c26-18-13-6-9-25(19(27)16-12-2-1-3-14(12)23-24-16)10-15(13)21-17(22-18)11-4-7-20-8-5-11/h4-5,7-8,12,14,16,23-24H,1-3,6,9-10H2,(H,21,22,26). The third-order valence-electron chi connectivity index (χ3n) is 6.03. The van der Waals surface area contributed by atoms with Gasteiger partial charge in [0.25, 0.3) is 5.56 Å². The molecule has 0 spiro atoms. The molecule has 1 saturated heterocycles. The first kappa shape index (κ1) is 16.6. The number of nitrogens with zero attached hydrogens (tertiary/aromatic N) is 3. The fraction of sp³-hybridized carbons (Fsp3) is 0.474. The summed E-state index contributed by atoms with van der Waals surface area (Å²) in [6.07, 6.45) is 7.24. The number of nitrogens with one attached hydrogen (secondary N) is 3. The first-order valence-corrected chi connectivity index (χ1v) is 9.53. The summed E-state index contributed by atoms with van der Waals surface area (Å²) in [6.45, 7) is 0.937. The molecule has 0 bridgehead atoms. The van der Waals surface area contributed by atoms with Crippen LogP contribution in [0.1, 0.15) is 30.5 Å². The minimum atomic E-state index is -0.180. The molecule has 2 fully saturated rings. The number of amides is 1. The lowest BCUT2D eigenvalue weighted by Gasteiger charge is -2.31. The van der Waals surface area contributed by atoms with Crippen LogP contribution in [0.5, 0.6) is 0 Å². The number of pyridine rings is 1. The van der Waals surface area contributed by atoms with E-state index in [2.05, 4.69) is 25.8 Å². The maximum absolute atomic E-state index is 13.1. The Morgan fingerprint density at radius 2 is 2.04 bits per heavy atom. The van der Waals surface area contributed by atoms with Gasteiger partial charge in [-0.25, -0.2) is 10.4 Å². The molecule has 1 saturated carbocycles. The minimum absolute atomic E-state index is 0.107. The number of H-pyrrole nitrogens is 1. The van der Waals surface area contributed by atoms with Crippen LogP contribution in [0.25, 0.3) is 11.4 Å². The molecule has 140 valence electrons. The summed E-state index contributed by atoms with van der Waals surface area (Å²) >= 11 is 0. The Labute approximate surface area is 156 Å². The number of rotatable bonds is 2. The van der Waals surface area contributed by atoms with Crippen molar-refractivity contribution in [2.75, 3.05) is 6.54 Å². The van der Waals surface area contributed by atoms with Gasteiger partial charge in [-0.15, -0.1) is 0 Å². The van der Waals surface area contributed by atoms with E-state index in [0.717, 1.165) is 18.4 Å². The van der Waals surface area contributed by atoms with Crippen molar-refractivity contribution in [1.29, 1.82) is 0 Å². The van der Waals surface area contributed by atoms with E-state index in [0.29, 0.717) is 48.6 Å². The number of aromatic nitrogens is 3. The largest absolute Gasteiger partial charge is 0.335 e. The van der Waals surface area contributed by atoms with E-state index in [4.69, 9.17) is 0 Å². The summed E-state index contributed by atoms with van der Waals surface area (Å²) in [5, 5.41) is 0. The van der Waals surface area contributed by atoms with E-state index in [1.54, 1.807) is 12.4 Å². The van der Waals surface area contributed by atoms with Gasteiger partial charge < -0.3 is 9.88 Å². The molecule has 1 amide bonds. The summed E-state index contributed by atoms with van der Waals surface area (Å²) in [7, 11) is 0. The predicted octanol–water partition coefficient (Wildman–Crippen LogP) is 0.362. The first-order valence-electron chi connectivity index (χ1n) is 9.53. The summed E-state index contributed by atoms with van der Waals surface area (Å²) < 4.78 is 0. The number of fused-ring (bicyclic) bond motifs is 2. The van der Waals surface area contributed by atoms with Crippen LogP contribution in [0.3, 0.4) is 0 Å². The van der Waals surface area contributed by atoms with E-state index in [1.165, 1.54) is 6.42 Å². The van der Waals surface area contributed by atoms with Crippen LogP contribution >= 0.6 is 0 Å². The van der Waals surface area contributed by atoms with Crippen LogP contribution in [0.4, 0.5) is 0 Å². The van der Waals surface area contributed by atoms with E-state index >= 15 is 0 Å². The highest BCUT2D eigenvalue weighted by Crippen LogP contribution is 2.32. The number of hydrazine groups is 1. The zero-order valence-electron chi connectivity index (χ0n) is 14.9. The normalized spacial score (nSPS) is 26.7. The predicted molar refractivity (Wildman–Crippen MR) is 98.4 cm³/mol. The smallest absolute Gasteiger partial charge is 0.254 e. The molecule has 8 heteroatoms. The number of carbonyl (C=O) groups is 1. The van der Waals surface area contributed by atoms with Crippen molar-refractivity contribution < 1.29 is 4.79 Å². The Morgan fingerprint density at radius 3 is 2.89 bits per heavy atom. The van der Waals surface area contributed by atoms with Crippen LogP contribution in [-0.2, 0) is 17.8 Å². The highest BCUT2D eigenvalue weighted by atomic mass is 16.2. The second kappa shape index (κ2) is 6.54. The maximum atomic E-state index is 13.1. The first-order chi connectivity index (χ1) is 13.2. The lowest BCUT2D eigenvalue weighted by molar-refractivity contribution is -0.135. The van der Waals surface area contributed by atoms with Crippen molar-refractivity contribution >= 4 is 5.91 Å². The van der Waals surface area contributed by atoms with Crippen molar-refractivity contribution in [3.63, 3.8) is 0 Å². The van der Waals surface area contributed by atoms with Crippen LogP contribution in [0.15, 0.2) is 29.3 Å². The average Bonchev–Trinajstić information content (AvgIpc) is 3.31. The summed E-state index contributed by atoms with van der Waals surface area (Å²) in [4.78, 5) is 39.0. The molecule has 8 nitrogen and oxygen atoms in total. The molecule has 3 N–H and O–H groups in total. The fourth-order valence-corrected chi connectivity index (χ4v) is 4.59. The topological polar surface area (TPSA) is 103 Å². The zero-order chi connectivity index (χ0) is 18.4. The Balaban J connectivity index is 1.41. The molecule has 5 rings (SSSR count). The van der Waals surface area contributed by atoms with Gasteiger partial charge in [0.15, 0.2) is 0 Å². The molecule has 3 atom stereocenters.